The first kappa shape index (κ1) is 26.7. The van der Waals surface area contributed by atoms with E-state index < -0.39 is 0 Å². The van der Waals surface area contributed by atoms with Crippen molar-refractivity contribution in [2.45, 2.75) is 45.2 Å². The van der Waals surface area contributed by atoms with Gasteiger partial charge in [-0.05, 0) is 47.8 Å². The van der Waals surface area contributed by atoms with Crippen LogP contribution in [0.25, 0.3) is 5.57 Å². The first-order valence-electron chi connectivity index (χ1n) is 12.6. The summed E-state index contributed by atoms with van der Waals surface area (Å²) in [4.78, 5) is 18.8. The van der Waals surface area contributed by atoms with Crippen molar-refractivity contribution in [2.75, 3.05) is 34.4 Å². The van der Waals surface area contributed by atoms with Crippen molar-refractivity contribution in [3.63, 3.8) is 0 Å². The van der Waals surface area contributed by atoms with E-state index in [1.54, 1.807) is 32.4 Å². The molecule has 37 heavy (non-hydrogen) atoms. The number of carbonyl (C=O) groups excluding carboxylic acids is 1. The predicted molar refractivity (Wildman–Crippen MR) is 139 cm³/mol. The predicted octanol–water partition coefficient (Wildman–Crippen LogP) is 4.95. The maximum atomic E-state index is 12.4. The molecule has 4 rings (SSSR count). The molecule has 1 saturated heterocycles. The lowest BCUT2D eigenvalue weighted by Gasteiger charge is -2.31. The molecule has 1 aromatic heterocycles. The number of ether oxygens (including phenoxy) is 5. The number of pyridine rings is 1. The van der Waals surface area contributed by atoms with Crippen molar-refractivity contribution in [3.05, 3.63) is 83.1 Å². The number of allylic oxidation sites excluding steroid dienone is 1. The second-order valence-corrected chi connectivity index (χ2v) is 9.27. The molecule has 2 unspecified atom stereocenters. The summed E-state index contributed by atoms with van der Waals surface area (Å²) in [5.41, 5.74) is 3.90. The zero-order chi connectivity index (χ0) is 26.2. The lowest BCUT2D eigenvalue weighted by atomic mass is 9.86. The van der Waals surface area contributed by atoms with Gasteiger partial charge in [0.25, 0.3) is 0 Å². The second-order valence-electron chi connectivity index (χ2n) is 9.27. The van der Waals surface area contributed by atoms with E-state index in [1.807, 2.05) is 42.5 Å². The molecule has 0 saturated carbocycles. The van der Waals surface area contributed by atoms with Crippen LogP contribution in [0.3, 0.4) is 0 Å². The van der Waals surface area contributed by atoms with E-state index in [0.29, 0.717) is 31.2 Å². The molecule has 1 amide bonds. The quantitative estimate of drug-likeness (QED) is 0.474. The first-order valence-corrected chi connectivity index (χ1v) is 12.6. The van der Waals surface area contributed by atoms with Gasteiger partial charge in [-0.25, -0.2) is 4.79 Å². The SMILES string of the molecule is COC1=C(OC)C(OC)C(C)C(c2cc(COC3CCN(C(=O)OCc4ccccc4)CC3)ccn2)=C1. The highest BCUT2D eigenvalue weighted by Gasteiger charge is 2.34. The molecule has 0 spiro atoms. The molecule has 198 valence electrons. The Kier molecular flexibility index (Phi) is 9.19. The molecule has 0 radical (unpaired) electrons. The third kappa shape index (κ3) is 6.50. The topological polar surface area (TPSA) is 79.4 Å². The van der Waals surface area contributed by atoms with Crippen molar-refractivity contribution in [1.29, 1.82) is 0 Å². The highest BCUT2D eigenvalue weighted by Crippen LogP contribution is 2.37. The normalized spacial score (nSPS) is 20.4. The van der Waals surface area contributed by atoms with Gasteiger partial charge < -0.3 is 28.6 Å². The zero-order valence-electron chi connectivity index (χ0n) is 22.0. The second kappa shape index (κ2) is 12.7. The van der Waals surface area contributed by atoms with Crippen LogP contribution in [0.15, 0.2) is 66.3 Å². The van der Waals surface area contributed by atoms with Crippen LogP contribution in [-0.2, 0) is 36.9 Å². The Labute approximate surface area is 218 Å². The number of amides is 1. The lowest BCUT2D eigenvalue weighted by molar-refractivity contribution is -0.00399. The van der Waals surface area contributed by atoms with E-state index in [4.69, 9.17) is 23.7 Å². The third-order valence-electron chi connectivity index (χ3n) is 6.94. The number of carbonyl (C=O) groups is 1. The summed E-state index contributed by atoms with van der Waals surface area (Å²) >= 11 is 0. The number of nitrogens with zero attached hydrogens (tertiary/aromatic N) is 2. The molecular formula is C29H36N2O6. The minimum absolute atomic E-state index is 0.0356. The number of hydrogen-bond donors (Lipinski definition) is 0. The van der Waals surface area contributed by atoms with Crippen LogP contribution in [0, 0.1) is 5.92 Å². The monoisotopic (exact) mass is 508 g/mol. The summed E-state index contributed by atoms with van der Waals surface area (Å²) in [5, 5.41) is 0. The summed E-state index contributed by atoms with van der Waals surface area (Å²) < 4.78 is 28.5. The molecule has 1 aromatic carbocycles. The first-order chi connectivity index (χ1) is 18.0. The Balaban J connectivity index is 1.31. The van der Waals surface area contributed by atoms with Crippen LogP contribution in [0.1, 0.15) is 36.6 Å². The van der Waals surface area contributed by atoms with Crippen molar-refractivity contribution < 1.29 is 28.5 Å². The average Bonchev–Trinajstić information content (AvgIpc) is 2.95. The van der Waals surface area contributed by atoms with Gasteiger partial charge in [0.2, 0.25) is 0 Å². The van der Waals surface area contributed by atoms with Gasteiger partial charge in [-0.1, -0.05) is 37.3 Å². The molecule has 2 heterocycles. The van der Waals surface area contributed by atoms with Gasteiger partial charge >= 0.3 is 6.09 Å². The Hall–Kier alpha value is -3.36. The maximum Gasteiger partial charge on any atom is 0.410 e. The smallest absolute Gasteiger partial charge is 0.410 e. The summed E-state index contributed by atoms with van der Waals surface area (Å²) in [6.45, 7) is 4.10. The summed E-state index contributed by atoms with van der Waals surface area (Å²) in [6.07, 6.45) is 4.89. The van der Waals surface area contributed by atoms with Gasteiger partial charge in [0.05, 0.1) is 32.6 Å². The standard InChI is InChI=1S/C29H36N2O6/c1-20-24(17-26(33-2)28(35-4)27(20)34-3)25-16-22(10-13-30-25)19-36-23-11-14-31(15-12-23)29(32)37-18-21-8-6-5-7-9-21/h5-10,13,16-17,20,23,27H,11-12,14-15,18-19H2,1-4H3. The molecular weight excluding hydrogens is 472 g/mol. The highest BCUT2D eigenvalue weighted by atomic mass is 16.6. The fourth-order valence-electron chi connectivity index (χ4n) is 4.82. The number of aromatic nitrogens is 1. The number of methoxy groups -OCH3 is 3. The van der Waals surface area contributed by atoms with Crippen LogP contribution in [0.5, 0.6) is 0 Å². The number of hydrogen-bond acceptors (Lipinski definition) is 7. The van der Waals surface area contributed by atoms with Gasteiger partial charge in [-0.15, -0.1) is 0 Å². The molecule has 8 nitrogen and oxygen atoms in total. The maximum absolute atomic E-state index is 12.4. The van der Waals surface area contributed by atoms with Crippen molar-refractivity contribution in [1.82, 2.24) is 9.88 Å². The molecule has 2 atom stereocenters. The van der Waals surface area contributed by atoms with Crippen LogP contribution in [-0.4, -0.2) is 62.6 Å². The van der Waals surface area contributed by atoms with Gasteiger partial charge in [-0.2, -0.15) is 0 Å². The lowest BCUT2D eigenvalue weighted by Crippen LogP contribution is -2.41. The fraction of sp³-hybridized carbons (Fsp3) is 0.448. The Morgan fingerprint density at radius 2 is 1.76 bits per heavy atom. The molecule has 1 fully saturated rings. The Morgan fingerprint density at radius 1 is 1.00 bits per heavy atom. The molecule has 2 aliphatic rings. The molecule has 0 N–H and O–H groups in total. The van der Waals surface area contributed by atoms with Gasteiger partial charge in [0.1, 0.15) is 12.7 Å². The number of rotatable bonds is 9. The molecule has 2 aromatic rings. The average molecular weight is 509 g/mol. The van der Waals surface area contributed by atoms with Crippen LogP contribution in [0.4, 0.5) is 4.79 Å². The van der Waals surface area contributed by atoms with E-state index in [-0.39, 0.29) is 30.8 Å². The Bertz CT molecular complexity index is 1110. The summed E-state index contributed by atoms with van der Waals surface area (Å²) in [5.74, 6) is 1.35. The number of benzene rings is 1. The molecule has 1 aliphatic carbocycles. The molecule has 0 bridgehead atoms. The Morgan fingerprint density at radius 3 is 2.43 bits per heavy atom. The van der Waals surface area contributed by atoms with E-state index in [0.717, 1.165) is 35.2 Å². The largest absolute Gasteiger partial charge is 0.494 e. The number of likely N-dealkylation sites (tertiary alicyclic amines) is 1. The molecule has 1 aliphatic heterocycles. The van der Waals surface area contributed by atoms with Crippen molar-refractivity contribution in [2.24, 2.45) is 5.92 Å². The summed E-state index contributed by atoms with van der Waals surface area (Å²) in [7, 11) is 4.92. The van der Waals surface area contributed by atoms with Crippen LogP contribution >= 0.6 is 0 Å². The van der Waals surface area contributed by atoms with E-state index in [9.17, 15) is 4.79 Å². The number of piperidine rings is 1. The van der Waals surface area contributed by atoms with Crippen molar-refractivity contribution in [3.8, 4) is 0 Å². The van der Waals surface area contributed by atoms with E-state index in [2.05, 4.69) is 18.0 Å². The molecule has 8 heteroatoms. The minimum Gasteiger partial charge on any atom is -0.494 e. The summed E-state index contributed by atoms with van der Waals surface area (Å²) in [6, 6.07) is 13.7. The van der Waals surface area contributed by atoms with Gasteiger partial charge in [0.15, 0.2) is 11.5 Å². The van der Waals surface area contributed by atoms with Gasteiger partial charge in [0, 0.05) is 32.3 Å². The van der Waals surface area contributed by atoms with Gasteiger partial charge in [-0.3, -0.25) is 4.98 Å². The van der Waals surface area contributed by atoms with Crippen molar-refractivity contribution >= 4 is 11.7 Å². The van der Waals surface area contributed by atoms with Crippen LogP contribution in [0.2, 0.25) is 0 Å². The van der Waals surface area contributed by atoms with E-state index in [1.165, 1.54) is 0 Å². The van der Waals surface area contributed by atoms with Crippen LogP contribution < -0.4 is 0 Å². The fourth-order valence-corrected chi connectivity index (χ4v) is 4.82. The third-order valence-corrected chi connectivity index (χ3v) is 6.94. The minimum atomic E-state index is -0.272. The van der Waals surface area contributed by atoms with E-state index >= 15 is 0 Å². The zero-order valence-corrected chi connectivity index (χ0v) is 22.0. The highest BCUT2D eigenvalue weighted by molar-refractivity contribution is 5.70.